The van der Waals surface area contributed by atoms with Gasteiger partial charge >= 0.3 is 0 Å². The van der Waals surface area contributed by atoms with Crippen LogP contribution in [0, 0.1) is 11.8 Å². The van der Waals surface area contributed by atoms with Crippen LogP contribution >= 0.6 is 0 Å². The van der Waals surface area contributed by atoms with Crippen LogP contribution in [0.25, 0.3) is 0 Å². The van der Waals surface area contributed by atoms with Crippen molar-refractivity contribution in [1.82, 2.24) is 0 Å². The van der Waals surface area contributed by atoms with E-state index in [1.165, 1.54) is 4.90 Å². The molecule has 1 fully saturated rings. The van der Waals surface area contributed by atoms with Gasteiger partial charge in [-0.25, -0.2) is 0 Å². The lowest BCUT2D eigenvalue weighted by Gasteiger charge is -2.30. The number of hydrogen-bond donors (Lipinski definition) is 3. The first-order valence-electron chi connectivity index (χ1n) is 7.03. The van der Waals surface area contributed by atoms with E-state index in [0.29, 0.717) is 6.54 Å². The van der Waals surface area contributed by atoms with E-state index in [0.717, 1.165) is 37.4 Å². The first kappa shape index (κ1) is 14.7. The second-order valence-corrected chi connectivity index (χ2v) is 5.37. The highest BCUT2D eigenvalue weighted by Crippen LogP contribution is 2.15. The predicted octanol–water partition coefficient (Wildman–Crippen LogP) is 0.150. The first-order valence-corrected chi connectivity index (χ1v) is 7.03. The summed E-state index contributed by atoms with van der Waals surface area (Å²) in [6.07, 6.45) is 1.52. The Morgan fingerprint density at radius 1 is 1.30 bits per heavy atom. The highest BCUT2D eigenvalue weighted by Gasteiger charge is 2.31. The van der Waals surface area contributed by atoms with Crippen molar-refractivity contribution in [3.8, 4) is 17.6 Å². The van der Waals surface area contributed by atoms with Crippen molar-refractivity contribution in [3.63, 3.8) is 0 Å². The number of hydrogen-bond acceptors (Lipinski definition) is 3. The fourth-order valence-corrected chi connectivity index (χ4v) is 2.28. The molecule has 0 spiro atoms. The third kappa shape index (κ3) is 4.16. The van der Waals surface area contributed by atoms with Crippen molar-refractivity contribution < 1.29 is 14.7 Å². The molecule has 0 saturated carbocycles. The number of aliphatic hydroxyl groups is 1. The quantitative estimate of drug-likeness (QED) is 0.688. The van der Waals surface area contributed by atoms with Crippen molar-refractivity contribution >= 4 is 5.69 Å². The number of piperidine rings is 1. The zero-order valence-corrected chi connectivity index (χ0v) is 12.2. The summed E-state index contributed by atoms with van der Waals surface area (Å²) < 4.78 is 5.11. The number of rotatable bonds is 3. The number of methoxy groups -OCH3 is 1. The molecular formula is C16H23N2O2+. The Morgan fingerprint density at radius 2 is 1.95 bits per heavy atom. The minimum Gasteiger partial charge on any atom is -0.497 e. The summed E-state index contributed by atoms with van der Waals surface area (Å²) in [7, 11) is 3.80. The summed E-state index contributed by atoms with van der Waals surface area (Å²) >= 11 is 0. The van der Waals surface area contributed by atoms with Gasteiger partial charge in [0.25, 0.3) is 0 Å². The van der Waals surface area contributed by atoms with Gasteiger partial charge in [-0.3, -0.25) is 0 Å². The van der Waals surface area contributed by atoms with E-state index in [2.05, 4.69) is 24.2 Å². The van der Waals surface area contributed by atoms with Gasteiger partial charge in [0.1, 0.15) is 11.4 Å². The Labute approximate surface area is 120 Å². The molecule has 1 aromatic carbocycles. The third-order valence-corrected chi connectivity index (χ3v) is 3.72. The van der Waals surface area contributed by atoms with Gasteiger partial charge in [0.05, 0.1) is 33.8 Å². The molecule has 0 unspecified atom stereocenters. The molecule has 1 saturated heterocycles. The Kier molecular flexibility index (Phi) is 4.89. The molecule has 20 heavy (non-hydrogen) atoms. The Bertz CT molecular complexity index is 479. The van der Waals surface area contributed by atoms with Crippen LogP contribution in [0.2, 0.25) is 0 Å². The van der Waals surface area contributed by atoms with Crippen LogP contribution in [0.3, 0.4) is 0 Å². The number of anilines is 1. The van der Waals surface area contributed by atoms with Crippen molar-refractivity contribution in [2.24, 2.45) is 0 Å². The monoisotopic (exact) mass is 275 g/mol. The predicted molar refractivity (Wildman–Crippen MR) is 80.1 cm³/mol. The maximum Gasteiger partial charge on any atom is 0.136 e. The van der Waals surface area contributed by atoms with Crippen LogP contribution in [0.5, 0.6) is 5.75 Å². The highest BCUT2D eigenvalue weighted by atomic mass is 16.5. The molecule has 0 radical (unpaired) electrons. The number of likely N-dealkylation sites (tertiary alicyclic amines) is 1. The van der Waals surface area contributed by atoms with E-state index >= 15 is 0 Å². The molecule has 0 atom stereocenters. The van der Waals surface area contributed by atoms with Gasteiger partial charge in [-0.2, -0.15) is 0 Å². The summed E-state index contributed by atoms with van der Waals surface area (Å²) in [5, 5.41) is 13.5. The van der Waals surface area contributed by atoms with E-state index < -0.39 is 5.60 Å². The van der Waals surface area contributed by atoms with Crippen LogP contribution in [0.4, 0.5) is 5.69 Å². The van der Waals surface area contributed by atoms with Crippen molar-refractivity contribution in [2.45, 2.75) is 18.4 Å². The SMILES string of the molecule is COc1ccc(NCC#CC2(O)CC[NH+](C)CC2)cc1. The fraction of sp³-hybridized carbons (Fsp3) is 0.500. The van der Waals surface area contributed by atoms with Crippen LogP contribution in [-0.2, 0) is 0 Å². The number of nitrogens with one attached hydrogen (secondary N) is 2. The smallest absolute Gasteiger partial charge is 0.136 e. The average Bonchev–Trinajstić information content (AvgIpc) is 2.48. The molecular weight excluding hydrogens is 252 g/mol. The van der Waals surface area contributed by atoms with Gasteiger partial charge in [-0.15, -0.1) is 0 Å². The van der Waals surface area contributed by atoms with E-state index in [1.54, 1.807) is 7.11 Å². The molecule has 4 heteroatoms. The lowest BCUT2D eigenvalue weighted by Crippen LogP contribution is -3.10. The standard InChI is InChI=1S/C16H22N2O2/c1-18-12-9-16(19,10-13-18)8-3-11-17-14-4-6-15(20-2)7-5-14/h4-7,17,19H,9-13H2,1-2H3/p+1. The summed E-state index contributed by atoms with van der Waals surface area (Å²) in [6, 6.07) is 7.72. The summed E-state index contributed by atoms with van der Waals surface area (Å²) in [6.45, 7) is 2.51. The van der Waals surface area contributed by atoms with Gasteiger partial charge in [0, 0.05) is 18.5 Å². The number of benzene rings is 1. The van der Waals surface area contributed by atoms with Gasteiger partial charge in [-0.05, 0) is 24.3 Å². The average molecular weight is 275 g/mol. The molecule has 2 rings (SSSR count). The molecule has 4 nitrogen and oxygen atoms in total. The van der Waals surface area contributed by atoms with Crippen molar-refractivity contribution in [3.05, 3.63) is 24.3 Å². The summed E-state index contributed by atoms with van der Waals surface area (Å²) in [5.41, 5.74) is 0.209. The third-order valence-electron chi connectivity index (χ3n) is 3.72. The van der Waals surface area contributed by atoms with Crippen molar-refractivity contribution in [2.75, 3.05) is 39.1 Å². The Morgan fingerprint density at radius 3 is 2.55 bits per heavy atom. The van der Waals surface area contributed by atoms with Gasteiger partial charge in [0.2, 0.25) is 0 Å². The van der Waals surface area contributed by atoms with Crippen LogP contribution < -0.4 is 15.0 Å². The normalized spacial score (nSPS) is 25.4. The van der Waals surface area contributed by atoms with Crippen LogP contribution in [-0.4, -0.2) is 44.5 Å². The van der Waals surface area contributed by atoms with Crippen LogP contribution in [0.15, 0.2) is 24.3 Å². The summed E-state index contributed by atoms with van der Waals surface area (Å²) in [5.74, 6) is 6.89. The molecule has 1 heterocycles. The number of ether oxygens (including phenoxy) is 1. The topological polar surface area (TPSA) is 45.9 Å². The fourth-order valence-electron chi connectivity index (χ4n) is 2.28. The van der Waals surface area contributed by atoms with Gasteiger partial charge in [0.15, 0.2) is 0 Å². The molecule has 0 aromatic heterocycles. The van der Waals surface area contributed by atoms with E-state index in [-0.39, 0.29) is 0 Å². The van der Waals surface area contributed by atoms with Gasteiger partial charge in [-0.1, -0.05) is 11.8 Å². The second-order valence-electron chi connectivity index (χ2n) is 5.37. The zero-order chi connectivity index (χ0) is 14.4. The van der Waals surface area contributed by atoms with Crippen molar-refractivity contribution in [1.29, 1.82) is 0 Å². The maximum absolute atomic E-state index is 10.3. The lowest BCUT2D eigenvalue weighted by atomic mass is 9.92. The zero-order valence-electron chi connectivity index (χ0n) is 12.2. The van der Waals surface area contributed by atoms with E-state index in [4.69, 9.17) is 4.74 Å². The maximum atomic E-state index is 10.3. The minimum atomic E-state index is -0.791. The van der Waals surface area contributed by atoms with Gasteiger partial charge < -0.3 is 20.1 Å². The first-order chi connectivity index (χ1) is 9.61. The molecule has 1 aliphatic rings. The molecule has 0 bridgehead atoms. The molecule has 0 amide bonds. The Hall–Kier alpha value is -1.70. The molecule has 108 valence electrons. The largest absolute Gasteiger partial charge is 0.497 e. The summed E-state index contributed by atoms with van der Waals surface area (Å²) in [4.78, 5) is 1.47. The molecule has 3 N–H and O–H groups in total. The number of quaternary nitrogens is 1. The molecule has 0 aliphatic carbocycles. The minimum absolute atomic E-state index is 0.539. The molecule has 1 aromatic rings. The highest BCUT2D eigenvalue weighted by molar-refractivity contribution is 5.47. The van der Waals surface area contributed by atoms with E-state index in [1.807, 2.05) is 24.3 Å². The Balaban J connectivity index is 1.82. The molecule has 1 aliphatic heterocycles. The van der Waals surface area contributed by atoms with E-state index in [9.17, 15) is 5.11 Å². The van der Waals surface area contributed by atoms with Crippen LogP contribution in [0.1, 0.15) is 12.8 Å². The second kappa shape index (κ2) is 6.65. The lowest BCUT2D eigenvalue weighted by molar-refractivity contribution is -0.886.